The van der Waals surface area contributed by atoms with E-state index in [1.165, 1.54) is 29.1 Å². The molecule has 0 radical (unpaired) electrons. The van der Waals surface area contributed by atoms with Gasteiger partial charge in [-0.15, -0.1) is 11.3 Å². The van der Waals surface area contributed by atoms with Crippen molar-refractivity contribution in [1.29, 1.82) is 0 Å². The molecule has 1 aliphatic rings. The second-order valence-corrected chi connectivity index (χ2v) is 10.9. The number of nitrogens with zero attached hydrogens (tertiary/aromatic N) is 4. The second-order valence-electron chi connectivity index (χ2n) is 9.82. The van der Waals surface area contributed by atoms with Gasteiger partial charge < -0.3 is 16.0 Å². The first-order valence-corrected chi connectivity index (χ1v) is 12.5. The molecule has 4 aromatic rings. The van der Waals surface area contributed by atoms with E-state index in [1.54, 1.807) is 12.5 Å². The highest BCUT2D eigenvalue weighted by atomic mass is 32.1. The number of aryl methyl sites for hydroxylation is 1. The Morgan fingerprint density at radius 2 is 1.91 bits per heavy atom. The third-order valence-electron chi connectivity index (χ3n) is 5.78. The van der Waals surface area contributed by atoms with Crippen molar-refractivity contribution < 1.29 is 4.79 Å². The molecule has 9 heteroatoms. The van der Waals surface area contributed by atoms with Crippen molar-refractivity contribution in [1.82, 2.24) is 19.5 Å². The lowest BCUT2D eigenvalue weighted by molar-refractivity contribution is 0.103. The van der Waals surface area contributed by atoms with Gasteiger partial charge in [-0.25, -0.2) is 15.0 Å². The Labute approximate surface area is 208 Å². The van der Waals surface area contributed by atoms with Gasteiger partial charge in [0.1, 0.15) is 18.0 Å². The molecular formula is C26H29N7OS. The van der Waals surface area contributed by atoms with E-state index in [9.17, 15) is 4.79 Å². The summed E-state index contributed by atoms with van der Waals surface area (Å²) < 4.78 is 1.88. The van der Waals surface area contributed by atoms with Crippen molar-refractivity contribution in [3.8, 4) is 5.82 Å². The third kappa shape index (κ3) is 5.35. The summed E-state index contributed by atoms with van der Waals surface area (Å²) in [5, 5.41) is 9.82. The van der Waals surface area contributed by atoms with Gasteiger partial charge >= 0.3 is 0 Å². The minimum atomic E-state index is -0.113. The van der Waals surface area contributed by atoms with E-state index < -0.39 is 0 Å². The Balaban J connectivity index is 1.34. The van der Waals surface area contributed by atoms with E-state index in [-0.39, 0.29) is 11.3 Å². The highest BCUT2D eigenvalue weighted by Crippen LogP contribution is 2.31. The van der Waals surface area contributed by atoms with Crippen LogP contribution in [0.5, 0.6) is 0 Å². The zero-order valence-electron chi connectivity index (χ0n) is 20.3. The van der Waals surface area contributed by atoms with Crippen LogP contribution in [0.4, 0.5) is 23.1 Å². The zero-order valence-corrected chi connectivity index (χ0v) is 21.1. The van der Waals surface area contributed by atoms with Crippen molar-refractivity contribution in [2.45, 2.75) is 52.0 Å². The van der Waals surface area contributed by atoms with Crippen LogP contribution in [-0.2, 0) is 5.41 Å². The van der Waals surface area contributed by atoms with E-state index in [1.807, 2.05) is 54.1 Å². The van der Waals surface area contributed by atoms with Gasteiger partial charge in [0.25, 0.3) is 5.91 Å². The fourth-order valence-electron chi connectivity index (χ4n) is 3.59. The SMILES string of the molecule is Cc1ccc(NC(=O)c2ccc(C(C)(C)C)s2)cc1Nc1nccn1-c1cc(NC2CC2)ncn1. The molecule has 5 rings (SSSR count). The number of hydrogen-bond donors (Lipinski definition) is 3. The van der Waals surface area contributed by atoms with E-state index in [4.69, 9.17) is 0 Å². The molecule has 0 unspecified atom stereocenters. The molecule has 0 saturated heterocycles. The average molecular weight is 488 g/mol. The fourth-order valence-corrected chi connectivity index (χ4v) is 4.54. The quantitative estimate of drug-likeness (QED) is 0.300. The highest BCUT2D eigenvalue weighted by Gasteiger charge is 2.22. The molecule has 0 atom stereocenters. The Hall–Kier alpha value is -3.72. The van der Waals surface area contributed by atoms with Crippen LogP contribution in [0.2, 0.25) is 0 Å². The van der Waals surface area contributed by atoms with Crippen LogP contribution in [0.25, 0.3) is 5.82 Å². The van der Waals surface area contributed by atoms with Crippen LogP contribution in [-0.4, -0.2) is 31.5 Å². The van der Waals surface area contributed by atoms with Crippen molar-refractivity contribution in [2.24, 2.45) is 0 Å². The number of imidazole rings is 1. The van der Waals surface area contributed by atoms with Gasteiger partial charge in [-0.2, -0.15) is 0 Å². The molecule has 1 amide bonds. The molecule has 3 heterocycles. The van der Waals surface area contributed by atoms with Crippen LogP contribution in [0.1, 0.15) is 53.7 Å². The summed E-state index contributed by atoms with van der Waals surface area (Å²) in [6, 6.07) is 12.1. The summed E-state index contributed by atoms with van der Waals surface area (Å²) in [5.74, 6) is 2.04. The predicted octanol–water partition coefficient (Wildman–Crippen LogP) is 5.90. The Kier molecular flexibility index (Phi) is 6.02. The van der Waals surface area contributed by atoms with Crippen LogP contribution in [0.3, 0.4) is 0 Å². The Bertz CT molecular complexity index is 1360. The maximum Gasteiger partial charge on any atom is 0.265 e. The smallest absolute Gasteiger partial charge is 0.265 e. The molecule has 0 bridgehead atoms. The van der Waals surface area contributed by atoms with Gasteiger partial charge in [0.15, 0.2) is 0 Å². The van der Waals surface area contributed by atoms with Gasteiger partial charge in [-0.1, -0.05) is 26.8 Å². The fraction of sp³-hybridized carbons (Fsp3) is 0.308. The van der Waals surface area contributed by atoms with E-state index >= 15 is 0 Å². The first kappa shape index (κ1) is 23.0. The van der Waals surface area contributed by atoms with E-state index in [2.05, 4.69) is 51.7 Å². The maximum absolute atomic E-state index is 12.9. The summed E-state index contributed by atoms with van der Waals surface area (Å²) in [5.41, 5.74) is 2.61. The lowest BCUT2D eigenvalue weighted by Crippen LogP contribution is -2.11. The van der Waals surface area contributed by atoms with Gasteiger partial charge in [0, 0.05) is 40.8 Å². The predicted molar refractivity (Wildman–Crippen MR) is 141 cm³/mol. The molecular weight excluding hydrogens is 458 g/mol. The molecule has 180 valence electrons. The number of amides is 1. The monoisotopic (exact) mass is 487 g/mol. The van der Waals surface area contributed by atoms with Crippen molar-refractivity contribution in [3.63, 3.8) is 0 Å². The Morgan fingerprint density at radius 3 is 2.66 bits per heavy atom. The molecule has 1 aliphatic carbocycles. The normalized spacial score (nSPS) is 13.5. The summed E-state index contributed by atoms with van der Waals surface area (Å²) in [6.07, 6.45) is 7.49. The number of nitrogens with one attached hydrogen (secondary N) is 3. The van der Waals surface area contributed by atoms with Gasteiger partial charge in [-0.05, 0) is 55.0 Å². The lowest BCUT2D eigenvalue weighted by atomic mass is 9.95. The number of aromatic nitrogens is 4. The van der Waals surface area contributed by atoms with Crippen LogP contribution in [0.15, 0.2) is 55.1 Å². The largest absolute Gasteiger partial charge is 0.367 e. The number of hydrogen-bond acceptors (Lipinski definition) is 7. The molecule has 1 fully saturated rings. The minimum Gasteiger partial charge on any atom is -0.367 e. The number of benzene rings is 1. The van der Waals surface area contributed by atoms with Gasteiger partial charge in [0.05, 0.1) is 4.88 Å². The molecule has 1 aromatic carbocycles. The molecule has 3 aromatic heterocycles. The van der Waals surface area contributed by atoms with Crippen LogP contribution in [0, 0.1) is 6.92 Å². The second kappa shape index (κ2) is 9.14. The number of carbonyl (C=O) groups is 1. The third-order valence-corrected chi connectivity index (χ3v) is 7.29. The van der Waals surface area contributed by atoms with E-state index in [0.717, 1.165) is 22.9 Å². The van der Waals surface area contributed by atoms with Crippen molar-refractivity contribution in [3.05, 3.63) is 70.4 Å². The number of rotatable bonds is 7. The lowest BCUT2D eigenvalue weighted by Gasteiger charge is -2.15. The first-order valence-electron chi connectivity index (χ1n) is 11.7. The molecule has 35 heavy (non-hydrogen) atoms. The van der Waals surface area contributed by atoms with Gasteiger partial charge in [0.2, 0.25) is 5.95 Å². The molecule has 3 N–H and O–H groups in total. The topological polar surface area (TPSA) is 96.8 Å². The molecule has 0 spiro atoms. The summed E-state index contributed by atoms with van der Waals surface area (Å²) in [7, 11) is 0. The minimum absolute atomic E-state index is 0.0183. The number of carbonyl (C=O) groups excluding carboxylic acids is 1. The maximum atomic E-state index is 12.9. The molecule has 8 nitrogen and oxygen atoms in total. The number of thiophene rings is 1. The standard InChI is InChI=1S/C26H29N7OS/c1-16-5-6-18(31-24(34)20-9-10-21(35-20)26(2,3)4)13-19(16)32-25-27-11-12-33(25)23-14-22(28-15-29-23)30-17-7-8-17/h5-6,9-15,17H,7-8H2,1-4H3,(H,27,32)(H,31,34)(H,28,29,30). The first-order chi connectivity index (χ1) is 16.8. The zero-order chi connectivity index (χ0) is 24.6. The van der Waals surface area contributed by atoms with Crippen molar-refractivity contribution in [2.75, 3.05) is 16.0 Å². The Morgan fingerprint density at radius 1 is 1.09 bits per heavy atom. The van der Waals surface area contributed by atoms with E-state index in [0.29, 0.717) is 22.6 Å². The average Bonchev–Trinajstić information content (AvgIpc) is 3.29. The van der Waals surface area contributed by atoms with Crippen LogP contribution >= 0.6 is 11.3 Å². The summed E-state index contributed by atoms with van der Waals surface area (Å²) >= 11 is 1.53. The summed E-state index contributed by atoms with van der Waals surface area (Å²) in [4.78, 5) is 28.0. The molecule has 0 aliphatic heterocycles. The number of anilines is 4. The van der Waals surface area contributed by atoms with Crippen molar-refractivity contribution >= 4 is 40.4 Å². The summed E-state index contributed by atoms with van der Waals surface area (Å²) in [6.45, 7) is 8.45. The van der Waals surface area contributed by atoms with Gasteiger partial charge in [-0.3, -0.25) is 9.36 Å². The highest BCUT2D eigenvalue weighted by molar-refractivity contribution is 7.14. The van der Waals surface area contributed by atoms with Crippen LogP contribution < -0.4 is 16.0 Å². The molecule has 1 saturated carbocycles.